The Morgan fingerprint density at radius 1 is 1.00 bits per heavy atom. The highest BCUT2D eigenvalue weighted by atomic mass is 32.2. The van der Waals surface area contributed by atoms with Crippen molar-refractivity contribution in [3.8, 4) is 0 Å². The molecule has 160 valence electrons. The van der Waals surface area contributed by atoms with Crippen LogP contribution in [0.2, 0.25) is 0 Å². The van der Waals surface area contributed by atoms with Gasteiger partial charge in [0.25, 0.3) is 5.91 Å². The number of nitrogens with zero attached hydrogens (tertiary/aromatic N) is 3. The monoisotopic (exact) mass is 431 g/mol. The van der Waals surface area contributed by atoms with Gasteiger partial charge in [0.05, 0.1) is 12.2 Å². The van der Waals surface area contributed by atoms with Gasteiger partial charge in [0, 0.05) is 38.1 Å². The predicted octanol–water partition coefficient (Wildman–Crippen LogP) is 1.15. The van der Waals surface area contributed by atoms with Gasteiger partial charge in [-0.1, -0.05) is 36.4 Å². The first kappa shape index (κ1) is 21.9. The van der Waals surface area contributed by atoms with Crippen molar-refractivity contribution in [1.29, 1.82) is 0 Å². The summed E-state index contributed by atoms with van der Waals surface area (Å²) in [7, 11) is -3.44. The molecule has 3 rings (SSSR count). The fourth-order valence-corrected chi connectivity index (χ4v) is 4.66. The molecule has 1 aliphatic heterocycles. The number of benzene rings is 1. The molecule has 0 unspecified atom stereocenters. The van der Waals surface area contributed by atoms with Crippen molar-refractivity contribution in [2.45, 2.75) is 19.1 Å². The van der Waals surface area contributed by atoms with Gasteiger partial charge in [-0.25, -0.2) is 8.42 Å². The highest BCUT2D eigenvalue weighted by Crippen LogP contribution is 2.14. The van der Waals surface area contributed by atoms with Gasteiger partial charge in [-0.05, 0) is 24.1 Å². The maximum absolute atomic E-state index is 12.6. The van der Waals surface area contributed by atoms with Crippen LogP contribution in [0.25, 0.3) is 0 Å². The van der Waals surface area contributed by atoms with E-state index in [1.807, 2.05) is 13.0 Å². The summed E-state index contributed by atoms with van der Waals surface area (Å²) < 4.78 is 31.7. The number of carbonyl (C=O) groups excluding carboxylic acids is 2. The van der Waals surface area contributed by atoms with Crippen LogP contribution in [0.3, 0.4) is 0 Å². The molecule has 0 radical (unpaired) electrons. The standard InChI is InChI=1S/C21H25N3O5S/c1-17-7-8-19(14-22-17)13-21(26)29-15-20(25)23-9-11-24(12-10-23)30(27,28)16-18-5-3-2-4-6-18/h2-8,14H,9-13,15-16H2,1H3. The summed E-state index contributed by atoms with van der Waals surface area (Å²) in [5, 5.41) is 0. The first-order valence-corrected chi connectivity index (χ1v) is 11.3. The summed E-state index contributed by atoms with van der Waals surface area (Å²) in [4.78, 5) is 29.9. The van der Waals surface area contributed by atoms with Crippen molar-refractivity contribution in [2.24, 2.45) is 0 Å². The van der Waals surface area contributed by atoms with Crippen LogP contribution in [-0.2, 0) is 36.5 Å². The number of rotatable bonds is 7. The Balaban J connectivity index is 1.43. The first-order chi connectivity index (χ1) is 14.3. The number of pyridine rings is 1. The maximum atomic E-state index is 12.6. The number of hydrogen-bond acceptors (Lipinski definition) is 6. The molecule has 0 aliphatic carbocycles. The average Bonchev–Trinajstić information content (AvgIpc) is 2.74. The molecule has 0 atom stereocenters. The lowest BCUT2D eigenvalue weighted by molar-refractivity contribution is -0.152. The molecule has 1 saturated heterocycles. The van der Waals surface area contributed by atoms with Gasteiger partial charge in [0.1, 0.15) is 0 Å². The van der Waals surface area contributed by atoms with Crippen molar-refractivity contribution in [1.82, 2.24) is 14.2 Å². The van der Waals surface area contributed by atoms with Crippen molar-refractivity contribution >= 4 is 21.9 Å². The Labute approximate surface area is 176 Å². The molecule has 8 nitrogen and oxygen atoms in total. The zero-order valence-electron chi connectivity index (χ0n) is 16.9. The van der Waals surface area contributed by atoms with E-state index in [9.17, 15) is 18.0 Å². The zero-order chi connectivity index (χ0) is 21.6. The minimum Gasteiger partial charge on any atom is -0.455 e. The maximum Gasteiger partial charge on any atom is 0.310 e. The van der Waals surface area contributed by atoms with E-state index in [0.717, 1.165) is 16.8 Å². The van der Waals surface area contributed by atoms with Gasteiger partial charge in [-0.15, -0.1) is 0 Å². The van der Waals surface area contributed by atoms with E-state index in [1.165, 1.54) is 9.21 Å². The Hall–Kier alpha value is -2.78. The number of ether oxygens (including phenoxy) is 1. The molecule has 1 aromatic carbocycles. The van der Waals surface area contributed by atoms with Crippen LogP contribution in [0.1, 0.15) is 16.8 Å². The van der Waals surface area contributed by atoms with Crippen LogP contribution in [0, 0.1) is 6.92 Å². The van der Waals surface area contributed by atoms with E-state index in [2.05, 4.69) is 4.98 Å². The minimum atomic E-state index is -3.44. The second-order valence-corrected chi connectivity index (χ2v) is 9.14. The number of carbonyl (C=O) groups is 2. The molecule has 1 aliphatic rings. The third-order valence-corrected chi connectivity index (χ3v) is 6.70. The summed E-state index contributed by atoms with van der Waals surface area (Å²) in [6, 6.07) is 12.6. The Kier molecular flexibility index (Phi) is 7.17. The Morgan fingerprint density at radius 3 is 2.33 bits per heavy atom. The van der Waals surface area contributed by atoms with Crippen molar-refractivity contribution in [3.05, 3.63) is 65.5 Å². The van der Waals surface area contributed by atoms with Crippen LogP contribution in [0.5, 0.6) is 0 Å². The number of piperazine rings is 1. The third kappa shape index (κ3) is 6.11. The fourth-order valence-electron chi connectivity index (χ4n) is 3.15. The SMILES string of the molecule is Cc1ccc(CC(=O)OCC(=O)N2CCN(S(=O)(=O)Cc3ccccc3)CC2)cn1. The molecular weight excluding hydrogens is 406 g/mol. The van der Waals surface area contributed by atoms with E-state index >= 15 is 0 Å². The van der Waals surface area contributed by atoms with E-state index in [0.29, 0.717) is 0 Å². The lowest BCUT2D eigenvalue weighted by Crippen LogP contribution is -2.51. The number of amides is 1. The van der Waals surface area contributed by atoms with Gasteiger partial charge in [0.15, 0.2) is 6.61 Å². The van der Waals surface area contributed by atoms with Crippen molar-refractivity contribution in [3.63, 3.8) is 0 Å². The zero-order valence-corrected chi connectivity index (χ0v) is 17.7. The molecule has 9 heteroatoms. The van der Waals surface area contributed by atoms with E-state index in [1.54, 1.807) is 42.6 Å². The average molecular weight is 432 g/mol. The molecule has 0 spiro atoms. The molecule has 0 N–H and O–H groups in total. The Bertz CT molecular complexity index is 969. The molecule has 1 aromatic heterocycles. The number of aromatic nitrogens is 1. The molecule has 30 heavy (non-hydrogen) atoms. The third-order valence-electron chi connectivity index (χ3n) is 4.85. The van der Waals surface area contributed by atoms with Gasteiger partial charge in [-0.3, -0.25) is 14.6 Å². The lowest BCUT2D eigenvalue weighted by Gasteiger charge is -2.33. The molecule has 2 heterocycles. The number of esters is 1. The van der Waals surface area contributed by atoms with Crippen LogP contribution in [-0.4, -0.2) is 67.3 Å². The molecular formula is C21H25N3O5S. The van der Waals surface area contributed by atoms with Crippen LogP contribution in [0.4, 0.5) is 0 Å². The van der Waals surface area contributed by atoms with Crippen LogP contribution >= 0.6 is 0 Å². The highest BCUT2D eigenvalue weighted by Gasteiger charge is 2.29. The summed E-state index contributed by atoms with van der Waals surface area (Å²) in [6.07, 6.45) is 1.65. The predicted molar refractivity (Wildman–Crippen MR) is 111 cm³/mol. The van der Waals surface area contributed by atoms with Crippen LogP contribution < -0.4 is 0 Å². The number of sulfonamides is 1. The largest absolute Gasteiger partial charge is 0.455 e. The highest BCUT2D eigenvalue weighted by molar-refractivity contribution is 7.88. The summed E-state index contributed by atoms with van der Waals surface area (Å²) >= 11 is 0. The molecule has 1 fully saturated rings. The fraction of sp³-hybridized carbons (Fsp3) is 0.381. The van der Waals surface area contributed by atoms with Crippen LogP contribution in [0.15, 0.2) is 48.7 Å². The molecule has 0 saturated carbocycles. The summed E-state index contributed by atoms with van der Waals surface area (Å²) in [5.41, 5.74) is 2.30. The molecule has 0 bridgehead atoms. The van der Waals surface area contributed by atoms with Gasteiger partial charge < -0.3 is 9.64 Å². The van der Waals surface area contributed by atoms with Gasteiger partial charge in [0.2, 0.25) is 10.0 Å². The molecule has 2 aromatic rings. The van der Waals surface area contributed by atoms with Crippen molar-refractivity contribution in [2.75, 3.05) is 32.8 Å². The van der Waals surface area contributed by atoms with Gasteiger partial charge in [-0.2, -0.15) is 4.31 Å². The molecule has 1 amide bonds. The number of hydrogen-bond donors (Lipinski definition) is 0. The van der Waals surface area contributed by atoms with E-state index < -0.39 is 16.0 Å². The summed E-state index contributed by atoms with van der Waals surface area (Å²) in [6.45, 7) is 2.49. The Morgan fingerprint density at radius 2 is 1.70 bits per heavy atom. The second-order valence-electron chi connectivity index (χ2n) is 7.17. The normalized spacial score (nSPS) is 15.0. The minimum absolute atomic E-state index is 0.0477. The van der Waals surface area contributed by atoms with E-state index in [4.69, 9.17) is 4.74 Å². The lowest BCUT2D eigenvalue weighted by atomic mass is 10.2. The van der Waals surface area contributed by atoms with Crippen molar-refractivity contribution < 1.29 is 22.7 Å². The first-order valence-electron chi connectivity index (χ1n) is 9.70. The van der Waals surface area contributed by atoms with Gasteiger partial charge >= 0.3 is 5.97 Å². The second kappa shape index (κ2) is 9.82. The number of aryl methyl sites for hydroxylation is 1. The van der Waals surface area contributed by atoms with E-state index in [-0.39, 0.29) is 50.9 Å². The topological polar surface area (TPSA) is 96.9 Å². The quantitative estimate of drug-likeness (QED) is 0.610. The summed E-state index contributed by atoms with van der Waals surface area (Å²) in [5.74, 6) is -0.892. The smallest absolute Gasteiger partial charge is 0.310 e.